The van der Waals surface area contributed by atoms with Gasteiger partial charge >= 0.3 is 5.97 Å². The van der Waals surface area contributed by atoms with Crippen LogP contribution in [-0.4, -0.2) is 16.1 Å². The first-order valence-corrected chi connectivity index (χ1v) is 5.91. The molecule has 2 N–H and O–H groups in total. The minimum Gasteiger partial charge on any atom is -0.477 e. The summed E-state index contributed by atoms with van der Waals surface area (Å²) in [5.74, 6) is -0.937. The van der Waals surface area contributed by atoms with E-state index < -0.39 is 5.97 Å². The highest BCUT2D eigenvalue weighted by Gasteiger charge is 2.13. The molecule has 3 heteroatoms. The zero-order valence-electron chi connectivity index (χ0n) is 10.8. The topological polar surface area (TPSA) is 53.1 Å². The van der Waals surface area contributed by atoms with Gasteiger partial charge < -0.3 is 10.1 Å². The Morgan fingerprint density at radius 3 is 2.11 bits per heavy atom. The number of rotatable bonds is 2. The molecule has 94 valence electrons. The third-order valence-electron chi connectivity index (χ3n) is 2.98. The monoisotopic (exact) mass is 243 g/mol. The summed E-state index contributed by atoms with van der Waals surface area (Å²) in [7, 11) is 0. The van der Waals surface area contributed by atoms with Crippen LogP contribution in [0.25, 0.3) is 11.3 Å². The summed E-state index contributed by atoms with van der Waals surface area (Å²) in [4.78, 5) is 13.7. The van der Waals surface area contributed by atoms with Crippen LogP contribution in [-0.2, 0) is 5.41 Å². The molecule has 0 spiro atoms. The molecule has 0 saturated carbocycles. The Labute approximate surface area is 106 Å². The number of nitrogens with one attached hydrogen (secondary N) is 1. The number of hydrogen-bond acceptors (Lipinski definition) is 1. The van der Waals surface area contributed by atoms with Crippen molar-refractivity contribution in [3.05, 3.63) is 47.7 Å². The molecule has 0 fully saturated rings. The molecule has 0 unspecified atom stereocenters. The number of benzene rings is 1. The second-order valence-electron chi connectivity index (χ2n) is 5.42. The number of hydrogen-bond donors (Lipinski definition) is 2. The highest BCUT2D eigenvalue weighted by atomic mass is 16.4. The summed E-state index contributed by atoms with van der Waals surface area (Å²) in [6, 6.07) is 11.5. The number of H-pyrrole nitrogens is 1. The lowest BCUT2D eigenvalue weighted by Crippen LogP contribution is -2.10. The van der Waals surface area contributed by atoms with Gasteiger partial charge in [0.1, 0.15) is 5.69 Å². The molecular formula is C15H17NO2. The molecule has 0 radical (unpaired) electrons. The van der Waals surface area contributed by atoms with E-state index in [1.54, 1.807) is 12.1 Å². The standard InChI is InChI=1S/C15H17NO2/c1-15(2,3)11-6-4-10(5-7-11)12-8-9-13(16-12)14(17)18/h4-9,16H,1-3H3,(H,17,18). The smallest absolute Gasteiger partial charge is 0.352 e. The van der Waals surface area contributed by atoms with Crippen LogP contribution in [0.15, 0.2) is 36.4 Å². The van der Waals surface area contributed by atoms with Gasteiger partial charge in [-0.3, -0.25) is 0 Å². The molecule has 0 amide bonds. The molecule has 2 rings (SSSR count). The van der Waals surface area contributed by atoms with Crippen molar-refractivity contribution in [1.82, 2.24) is 4.98 Å². The summed E-state index contributed by atoms with van der Waals surface area (Å²) in [6.07, 6.45) is 0. The Morgan fingerprint density at radius 1 is 1.06 bits per heavy atom. The lowest BCUT2D eigenvalue weighted by molar-refractivity contribution is 0.0691. The van der Waals surface area contributed by atoms with Crippen molar-refractivity contribution in [2.75, 3.05) is 0 Å². The van der Waals surface area contributed by atoms with E-state index in [9.17, 15) is 4.79 Å². The van der Waals surface area contributed by atoms with Crippen molar-refractivity contribution < 1.29 is 9.90 Å². The molecule has 1 heterocycles. The van der Waals surface area contributed by atoms with Gasteiger partial charge in [-0.05, 0) is 28.7 Å². The lowest BCUT2D eigenvalue weighted by atomic mass is 9.86. The molecule has 18 heavy (non-hydrogen) atoms. The third-order valence-corrected chi connectivity index (χ3v) is 2.98. The number of carbonyl (C=O) groups is 1. The van der Waals surface area contributed by atoms with Crippen LogP contribution in [0.1, 0.15) is 36.8 Å². The van der Waals surface area contributed by atoms with E-state index in [-0.39, 0.29) is 11.1 Å². The summed E-state index contributed by atoms with van der Waals surface area (Å²) < 4.78 is 0. The molecule has 2 aromatic rings. The van der Waals surface area contributed by atoms with Crippen LogP contribution in [0.4, 0.5) is 0 Å². The van der Waals surface area contributed by atoms with Crippen LogP contribution in [0.2, 0.25) is 0 Å². The SMILES string of the molecule is CC(C)(C)c1ccc(-c2ccc(C(=O)O)[nH]2)cc1. The molecule has 0 aliphatic heterocycles. The number of aromatic amines is 1. The maximum atomic E-state index is 10.8. The number of aromatic carboxylic acids is 1. The molecule has 3 nitrogen and oxygen atoms in total. The van der Waals surface area contributed by atoms with Gasteiger partial charge in [0.05, 0.1) is 0 Å². The Bertz CT molecular complexity index is 559. The van der Waals surface area contributed by atoms with Crippen LogP contribution < -0.4 is 0 Å². The van der Waals surface area contributed by atoms with Gasteiger partial charge in [0.2, 0.25) is 0 Å². The highest BCUT2D eigenvalue weighted by Crippen LogP contribution is 2.25. The van der Waals surface area contributed by atoms with Gasteiger partial charge in [-0.2, -0.15) is 0 Å². The molecule has 0 bridgehead atoms. The van der Waals surface area contributed by atoms with Crippen molar-refractivity contribution in [3.8, 4) is 11.3 Å². The maximum Gasteiger partial charge on any atom is 0.352 e. The van der Waals surface area contributed by atoms with Gasteiger partial charge in [0, 0.05) is 5.69 Å². The van der Waals surface area contributed by atoms with Crippen LogP contribution in [0.3, 0.4) is 0 Å². The Hall–Kier alpha value is -2.03. The van der Waals surface area contributed by atoms with Crippen molar-refractivity contribution >= 4 is 5.97 Å². The quantitative estimate of drug-likeness (QED) is 0.845. The molecule has 1 aromatic heterocycles. The van der Waals surface area contributed by atoms with Gasteiger partial charge in [0.25, 0.3) is 0 Å². The van der Waals surface area contributed by atoms with E-state index in [0.717, 1.165) is 11.3 Å². The maximum absolute atomic E-state index is 10.8. The highest BCUT2D eigenvalue weighted by molar-refractivity contribution is 5.86. The van der Waals surface area contributed by atoms with Crippen molar-refractivity contribution in [3.63, 3.8) is 0 Å². The molecular weight excluding hydrogens is 226 g/mol. The van der Waals surface area contributed by atoms with Crippen LogP contribution in [0, 0.1) is 0 Å². The first kappa shape index (κ1) is 12.4. The summed E-state index contributed by atoms with van der Waals surface area (Å²) >= 11 is 0. The number of carboxylic acid groups (broad SMARTS) is 1. The van der Waals surface area contributed by atoms with Crippen molar-refractivity contribution in [2.45, 2.75) is 26.2 Å². The van der Waals surface area contributed by atoms with Crippen LogP contribution >= 0.6 is 0 Å². The summed E-state index contributed by atoms with van der Waals surface area (Å²) in [5, 5.41) is 8.86. The second-order valence-corrected chi connectivity index (χ2v) is 5.42. The van der Waals surface area contributed by atoms with E-state index in [2.05, 4.69) is 37.9 Å². The predicted octanol–water partition coefficient (Wildman–Crippen LogP) is 3.68. The molecule has 0 aliphatic carbocycles. The fourth-order valence-corrected chi connectivity index (χ4v) is 1.84. The Morgan fingerprint density at radius 2 is 1.67 bits per heavy atom. The average molecular weight is 243 g/mol. The van der Waals surface area contributed by atoms with Crippen LogP contribution in [0.5, 0.6) is 0 Å². The second kappa shape index (κ2) is 4.33. The van der Waals surface area contributed by atoms with Gasteiger partial charge in [-0.1, -0.05) is 45.0 Å². The van der Waals surface area contributed by atoms with Gasteiger partial charge in [-0.15, -0.1) is 0 Å². The average Bonchev–Trinajstić information content (AvgIpc) is 2.77. The normalized spacial score (nSPS) is 11.5. The van der Waals surface area contributed by atoms with E-state index in [4.69, 9.17) is 5.11 Å². The summed E-state index contributed by atoms with van der Waals surface area (Å²) in [6.45, 7) is 6.50. The third kappa shape index (κ3) is 2.45. The first-order chi connectivity index (χ1) is 8.38. The van der Waals surface area contributed by atoms with E-state index in [0.29, 0.717) is 0 Å². The minimum atomic E-state index is -0.937. The van der Waals surface area contributed by atoms with E-state index in [1.165, 1.54) is 5.56 Å². The Balaban J connectivity index is 2.31. The molecule has 0 saturated heterocycles. The number of carboxylic acids is 1. The molecule has 1 aromatic carbocycles. The lowest BCUT2D eigenvalue weighted by Gasteiger charge is -2.19. The predicted molar refractivity (Wildman–Crippen MR) is 71.9 cm³/mol. The van der Waals surface area contributed by atoms with Crippen molar-refractivity contribution in [2.24, 2.45) is 0 Å². The fraction of sp³-hybridized carbons (Fsp3) is 0.267. The first-order valence-electron chi connectivity index (χ1n) is 5.91. The van der Waals surface area contributed by atoms with Gasteiger partial charge in [-0.25, -0.2) is 4.79 Å². The zero-order valence-corrected chi connectivity index (χ0v) is 10.8. The van der Waals surface area contributed by atoms with E-state index >= 15 is 0 Å². The largest absolute Gasteiger partial charge is 0.477 e. The Kier molecular flexibility index (Phi) is 2.99. The van der Waals surface area contributed by atoms with E-state index in [1.807, 2.05) is 12.1 Å². The van der Waals surface area contributed by atoms with Crippen molar-refractivity contribution in [1.29, 1.82) is 0 Å². The minimum absolute atomic E-state index is 0.125. The fourth-order valence-electron chi connectivity index (χ4n) is 1.84. The zero-order chi connectivity index (χ0) is 13.3. The number of aromatic nitrogens is 1. The van der Waals surface area contributed by atoms with Gasteiger partial charge in [0.15, 0.2) is 0 Å². The summed E-state index contributed by atoms with van der Waals surface area (Å²) in [5.41, 5.74) is 3.42. The molecule has 0 atom stereocenters. The molecule has 0 aliphatic rings.